The lowest BCUT2D eigenvalue weighted by Gasteiger charge is -2.19. The van der Waals surface area contributed by atoms with Gasteiger partial charge in [0, 0.05) is 28.7 Å². The molecule has 0 amide bonds. The molecule has 3 nitrogen and oxygen atoms in total. The summed E-state index contributed by atoms with van der Waals surface area (Å²) in [5, 5.41) is 0.298. The molecule has 5 rings (SSSR count). The zero-order valence-corrected chi connectivity index (χ0v) is 26.5. The zero-order chi connectivity index (χ0) is 30.2. The van der Waals surface area contributed by atoms with Crippen LogP contribution in [-0.4, -0.2) is 13.0 Å². The second-order valence-electron chi connectivity index (χ2n) is 11.5. The van der Waals surface area contributed by atoms with Crippen molar-refractivity contribution >= 4 is 26.3 Å². The quantitative estimate of drug-likeness (QED) is 0.128. The summed E-state index contributed by atoms with van der Waals surface area (Å²) in [6, 6.07) is 35.6. The highest BCUT2D eigenvalue weighted by Crippen LogP contribution is 2.40. The molecule has 0 radical (unpaired) electrons. The Morgan fingerprint density at radius 1 is 0.721 bits per heavy atom. The summed E-state index contributed by atoms with van der Waals surface area (Å²) < 4.78 is 31.2. The van der Waals surface area contributed by atoms with Crippen LogP contribution in [0.25, 0.3) is 16.5 Å². The van der Waals surface area contributed by atoms with Gasteiger partial charge in [0.2, 0.25) is 0 Å². The van der Waals surface area contributed by atoms with Crippen molar-refractivity contribution in [3.8, 4) is 0 Å². The second kappa shape index (κ2) is 14.1. The van der Waals surface area contributed by atoms with Crippen LogP contribution in [0.1, 0.15) is 78.6 Å². The van der Waals surface area contributed by atoms with E-state index >= 15 is 0 Å². The fourth-order valence-corrected chi connectivity index (χ4v) is 7.72. The van der Waals surface area contributed by atoms with Crippen molar-refractivity contribution in [1.82, 2.24) is 4.57 Å². The molecule has 0 N–H and O–H groups in total. The number of unbranched alkanes of at least 4 members (excludes halogenated alkanes) is 5. The highest BCUT2D eigenvalue weighted by molar-refractivity contribution is 7.91. The number of fused-ring (bicyclic) bond motifs is 1. The van der Waals surface area contributed by atoms with Crippen molar-refractivity contribution < 1.29 is 8.42 Å². The number of sulfone groups is 1. The van der Waals surface area contributed by atoms with Gasteiger partial charge in [-0.05, 0) is 55.2 Å². The normalized spacial score (nSPS) is 13.0. The largest absolute Gasteiger partial charge is 0.344 e. The molecule has 1 unspecified atom stereocenters. The molecular formula is C39H43NO2S. The maximum absolute atomic E-state index is 14.4. The number of aryl methyl sites for hydroxylation is 2. The van der Waals surface area contributed by atoms with Gasteiger partial charge in [0.15, 0.2) is 9.84 Å². The number of hydrogen-bond donors (Lipinski definition) is 0. The smallest absolute Gasteiger partial charge is 0.188 e. The predicted octanol–water partition coefficient (Wildman–Crippen LogP) is 10.3. The standard InChI is InChI=1S/C39H43NO2S/c1-4-5-6-7-8-17-28-40-31(3)39(35-22-15-16-23-37(35)40)36(32-18-11-9-12-19-32)29-38(33-20-13-10-14-21-33)43(41,42)34-26-24-30(2)25-27-34/h9-16,18-27,29,38H,4-8,17,28H2,1-3H3. The van der Waals surface area contributed by atoms with E-state index in [9.17, 15) is 8.42 Å². The molecule has 0 bridgehead atoms. The van der Waals surface area contributed by atoms with Crippen molar-refractivity contribution in [3.05, 3.63) is 143 Å². The average molecular weight is 590 g/mol. The van der Waals surface area contributed by atoms with Gasteiger partial charge in [-0.15, -0.1) is 0 Å². The van der Waals surface area contributed by atoms with Crippen molar-refractivity contribution in [2.75, 3.05) is 0 Å². The first-order valence-corrected chi connectivity index (χ1v) is 17.2. The average Bonchev–Trinajstić information content (AvgIpc) is 3.31. The van der Waals surface area contributed by atoms with Crippen molar-refractivity contribution in [2.24, 2.45) is 0 Å². The van der Waals surface area contributed by atoms with E-state index in [-0.39, 0.29) is 0 Å². The Morgan fingerprint density at radius 2 is 1.33 bits per heavy atom. The van der Waals surface area contributed by atoms with Crippen LogP contribution in [0.5, 0.6) is 0 Å². The van der Waals surface area contributed by atoms with Gasteiger partial charge in [0.25, 0.3) is 0 Å². The first-order valence-electron chi connectivity index (χ1n) is 15.6. The summed E-state index contributed by atoms with van der Waals surface area (Å²) in [6.45, 7) is 7.37. The molecule has 222 valence electrons. The molecule has 0 spiro atoms. The molecule has 1 aromatic heterocycles. The molecule has 0 aliphatic rings. The van der Waals surface area contributed by atoms with Crippen LogP contribution >= 0.6 is 0 Å². The number of nitrogens with zero attached hydrogens (tertiary/aromatic N) is 1. The first kappa shape index (κ1) is 30.6. The Balaban J connectivity index is 1.68. The predicted molar refractivity (Wildman–Crippen MR) is 181 cm³/mol. The van der Waals surface area contributed by atoms with E-state index in [1.807, 2.05) is 73.7 Å². The molecule has 0 aliphatic heterocycles. The highest BCUT2D eigenvalue weighted by Gasteiger charge is 2.29. The SMILES string of the molecule is CCCCCCCCn1c(C)c(C(=CC(c2ccccc2)S(=O)(=O)c2ccc(C)cc2)c2ccccc2)c2ccccc21. The van der Waals surface area contributed by atoms with Crippen LogP contribution in [0, 0.1) is 13.8 Å². The number of aromatic nitrogens is 1. The maximum atomic E-state index is 14.4. The number of hydrogen-bond acceptors (Lipinski definition) is 2. The van der Waals surface area contributed by atoms with Gasteiger partial charge < -0.3 is 4.57 Å². The van der Waals surface area contributed by atoms with E-state index in [1.165, 1.54) is 43.3 Å². The summed E-state index contributed by atoms with van der Waals surface area (Å²) in [7, 11) is -3.75. The monoisotopic (exact) mass is 589 g/mol. The Kier molecular flexibility index (Phi) is 9.99. The van der Waals surface area contributed by atoms with E-state index in [0.717, 1.165) is 46.2 Å². The van der Waals surface area contributed by atoms with Gasteiger partial charge >= 0.3 is 0 Å². The second-order valence-corrected chi connectivity index (χ2v) is 13.6. The van der Waals surface area contributed by atoms with Gasteiger partial charge in [-0.2, -0.15) is 0 Å². The van der Waals surface area contributed by atoms with Gasteiger partial charge in [-0.3, -0.25) is 0 Å². The van der Waals surface area contributed by atoms with Crippen LogP contribution in [0.2, 0.25) is 0 Å². The lowest BCUT2D eigenvalue weighted by Crippen LogP contribution is -2.13. The van der Waals surface area contributed by atoms with E-state index in [1.54, 1.807) is 12.1 Å². The van der Waals surface area contributed by atoms with Crippen molar-refractivity contribution in [1.29, 1.82) is 0 Å². The molecular weight excluding hydrogens is 547 g/mol. The lowest BCUT2D eigenvalue weighted by molar-refractivity contribution is 0.560. The molecule has 0 aliphatic carbocycles. The van der Waals surface area contributed by atoms with Crippen LogP contribution in [0.3, 0.4) is 0 Å². The molecule has 5 aromatic rings. The summed E-state index contributed by atoms with van der Waals surface area (Å²) >= 11 is 0. The fraction of sp³-hybridized carbons (Fsp3) is 0.282. The first-order chi connectivity index (χ1) is 20.9. The van der Waals surface area contributed by atoms with Crippen LogP contribution in [0.15, 0.2) is 120 Å². The van der Waals surface area contributed by atoms with E-state index in [0.29, 0.717) is 4.90 Å². The number of benzene rings is 4. The minimum absolute atomic E-state index is 0.331. The van der Waals surface area contributed by atoms with Gasteiger partial charge in [-0.1, -0.05) is 142 Å². The summed E-state index contributed by atoms with van der Waals surface area (Å²) in [4.78, 5) is 0.331. The van der Waals surface area contributed by atoms with Crippen molar-refractivity contribution in [2.45, 2.75) is 76.0 Å². The minimum Gasteiger partial charge on any atom is -0.344 e. The molecule has 0 saturated heterocycles. The summed E-state index contributed by atoms with van der Waals surface area (Å²) in [5.41, 5.74) is 7.21. The van der Waals surface area contributed by atoms with Crippen LogP contribution in [0.4, 0.5) is 0 Å². The Hall–Kier alpha value is -3.89. The van der Waals surface area contributed by atoms with Gasteiger partial charge in [0.05, 0.1) is 4.90 Å². The van der Waals surface area contributed by atoms with Crippen LogP contribution in [-0.2, 0) is 16.4 Å². The Labute approximate surface area is 257 Å². The van der Waals surface area contributed by atoms with Crippen molar-refractivity contribution in [3.63, 3.8) is 0 Å². The molecule has 43 heavy (non-hydrogen) atoms. The topological polar surface area (TPSA) is 39.1 Å². The van der Waals surface area contributed by atoms with E-state index in [2.05, 4.69) is 54.8 Å². The molecule has 0 saturated carbocycles. The fourth-order valence-electron chi connectivity index (χ4n) is 6.08. The highest BCUT2D eigenvalue weighted by atomic mass is 32.2. The molecule has 1 atom stereocenters. The third-order valence-electron chi connectivity index (χ3n) is 8.45. The Morgan fingerprint density at radius 3 is 2.02 bits per heavy atom. The summed E-state index contributed by atoms with van der Waals surface area (Å²) in [5.74, 6) is 0. The van der Waals surface area contributed by atoms with Gasteiger partial charge in [0.1, 0.15) is 5.25 Å². The van der Waals surface area contributed by atoms with E-state index in [4.69, 9.17) is 0 Å². The number of para-hydroxylation sites is 1. The van der Waals surface area contributed by atoms with Crippen LogP contribution < -0.4 is 0 Å². The molecule has 1 heterocycles. The third kappa shape index (κ3) is 6.86. The summed E-state index contributed by atoms with van der Waals surface area (Å²) in [6.07, 6.45) is 9.45. The zero-order valence-electron chi connectivity index (χ0n) is 25.7. The third-order valence-corrected chi connectivity index (χ3v) is 10.5. The number of rotatable bonds is 13. The van der Waals surface area contributed by atoms with Gasteiger partial charge in [-0.25, -0.2) is 8.42 Å². The van der Waals surface area contributed by atoms with E-state index < -0.39 is 15.1 Å². The minimum atomic E-state index is -3.75. The lowest BCUT2D eigenvalue weighted by atomic mass is 9.93. The molecule has 4 heteroatoms. The molecule has 0 fully saturated rings. The molecule has 4 aromatic carbocycles. The maximum Gasteiger partial charge on any atom is 0.188 e. The Bertz CT molecular complexity index is 1770.